The van der Waals surface area contributed by atoms with Crippen LogP contribution in [-0.2, 0) is 19.1 Å². The Hall–Kier alpha value is -3.52. The summed E-state index contributed by atoms with van der Waals surface area (Å²) in [5, 5.41) is 3.65. The minimum atomic E-state index is -4.47. The highest BCUT2D eigenvalue weighted by atomic mass is 35.5. The first-order valence-electron chi connectivity index (χ1n) is 12.7. The van der Waals surface area contributed by atoms with Gasteiger partial charge in [-0.05, 0) is 72.7 Å². The van der Waals surface area contributed by atoms with Gasteiger partial charge in [-0.2, -0.15) is 13.2 Å². The second kappa shape index (κ2) is 10.7. The zero-order valence-electron chi connectivity index (χ0n) is 20.9. The summed E-state index contributed by atoms with van der Waals surface area (Å²) in [4.78, 5) is 19.7. The summed E-state index contributed by atoms with van der Waals surface area (Å²) in [6.45, 7) is 4.05. The molecule has 1 amide bonds. The lowest BCUT2D eigenvalue weighted by Crippen LogP contribution is -2.32. The average Bonchev–Trinajstić information content (AvgIpc) is 3.30. The SMILES string of the molecule is CCc1nc2cc(C(F)(F)F)ccn2c1C(=O)NCc1ccc(N2CCC(c3ccc(Cl)cc3)CC2)cc1. The standard InChI is InChI=1S/C29H28ClF3N4O/c1-2-25-27(37-16-13-22(29(31,32)33)17-26(37)35-25)28(38)34-18-19-3-9-24(10-4-19)36-14-11-21(12-15-36)20-5-7-23(30)8-6-20/h3-10,13,16-17,21H,2,11-12,14-15,18H2,1H3,(H,34,38). The van der Waals surface area contributed by atoms with Crippen LogP contribution in [0.1, 0.15) is 58.6 Å². The first kappa shape index (κ1) is 26.1. The number of halogens is 4. The van der Waals surface area contributed by atoms with Crippen LogP contribution in [0.4, 0.5) is 18.9 Å². The third-order valence-corrected chi connectivity index (χ3v) is 7.42. The van der Waals surface area contributed by atoms with Gasteiger partial charge in [-0.3, -0.25) is 9.20 Å². The number of nitrogens with zero attached hydrogens (tertiary/aromatic N) is 3. The Kier molecular flexibility index (Phi) is 7.34. The van der Waals surface area contributed by atoms with Gasteiger partial charge in [-0.1, -0.05) is 42.8 Å². The van der Waals surface area contributed by atoms with Gasteiger partial charge in [-0.15, -0.1) is 0 Å². The maximum Gasteiger partial charge on any atom is 0.416 e. The molecule has 1 aliphatic heterocycles. The molecule has 0 atom stereocenters. The number of carbonyl (C=O) groups excluding carboxylic acids is 1. The number of piperidine rings is 1. The molecule has 38 heavy (non-hydrogen) atoms. The molecule has 2 aromatic heterocycles. The Labute approximate surface area is 224 Å². The first-order chi connectivity index (χ1) is 18.2. The summed E-state index contributed by atoms with van der Waals surface area (Å²) in [5.74, 6) is 0.160. The van der Waals surface area contributed by atoms with Crippen molar-refractivity contribution in [3.05, 3.63) is 100.0 Å². The van der Waals surface area contributed by atoms with Crippen LogP contribution in [0.3, 0.4) is 0 Å². The van der Waals surface area contributed by atoms with Crippen molar-refractivity contribution in [1.29, 1.82) is 0 Å². The molecule has 0 spiro atoms. The molecule has 198 valence electrons. The van der Waals surface area contributed by atoms with E-state index in [1.165, 1.54) is 16.2 Å². The largest absolute Gasteiger partial charge is 0.416 e. The van der Waals surface area contributed by atoms with Crippen molar-refractivity contribution in [2.45, 2.75) is 44.8 Å². The average molecular weight is 541 g/mol. The van der Waals surface area contributed by atoms with E-state index < -0.39 is 11.7 Å². The minimum Gasteiger partial charge on any atom is -0.371 e. The van der Waals surface area contributed by atoms with Gasteiger partial charge in [0.05, 0.1) is 11.3 Å². The van der Waals surface area contributed by atoms with E-state index in [4.69, 9.17) is 11.6 Å². The quantitative estimate of drug-likeness (QED) is 0.290. The van der Waals surface area contributed by atoms with Gasteiger partial charge in [0, 0.05) is 36.5 Å². The van der Waals surface area contributed by atoms with Gasteiger partial charge >= 0.3 is 6.18 Å². The van der Waals surface area contributed by atoms with Crippen LogP contribution in [0.15, 0.2) is 66.9 Å². The second-order valence-electron chi connectivity index (χ2n) is 9.56. The number of rotatable bonds is 6. The number of pyridine rings is 1. The van der Waals surface area contributed by atoms with Crippen molar-refractivity contribution in [1.82, 2.24) is 14.7 Å². The molecule has 5 rings (SSSR count). The monoisotopic (exact) mass is 540 g/mol. The fourth-order valence-corrected chi connectivity index (χ4v) is 5.18. The predicted molar refractivity (Wildman–Crippen MR) is 143 cm³/mol. The van der Waals surface area contributed by atoms with Gasteiger partial charge in [0.1, 0.15) is 11.3 Å². The smallest absolute Gasteiger partial charge is 0.371 e. The number of anilines is 1. The Bertz CT molecular complexity index is 1420. The van der Waals surface area contributed by atoms with Crippen molar-refractivity contribution in [2.75, 3.05) is 18.0 Å². The third-order valence-electron chi connectivity index (χ3n) is 7.17. The number of hydrogen-bond donors (Lipinski definition) is 1. The van der Waals surface area contributed by atoms with Crippen molar-refractivity contribution in [2.24, 2.45) is 0 Å². The number of carbonyl (C=O) groups is 1. The molecule has 1 saturated heterocycles. The van der Waals surface area contributed by atoms with Crippen LogP contribution >= 0.6 is 11.6 Å². The molecule has 2 aromatic carbocycles. The van der Waals surface area contributed by atoms with Crippen LogP contribution in [0.25, 0.3) is 5.65 Å². The molecule has 0 saturated carbocycles. The molecular weight excluding hydrogens is 513 g/mol. The number of nitrogens with one attached hydrogen (secondary N) is 1. The Balaban J connectivity index is 1.21. The molecular formula is C29H28ClF3N4O. The molecule has 9 heteroatoms. The van der Waals surface area contributed by atoms with Gasteiger partial charge in [0.25, 0.3) is 5.91 Å². The number of hydrogen-bond acceptors (Lipinski definition) is 3. The number of aromatic nitrogens is 2. The van der Waals surface area contributed by atoms with Crippen molar-refractivity contribution < 1.29 is 18.0 Å². The van der Waals surface area contributed by atoms with Crippen LogP contribution in [0, 0.1) is 0 Å². The molecule has 1 fully saturated rings. The van der Waals surface area contributed by atoms with Gasteiger partial charge < -0.3 is 10.2 Å². The lowest BCUT2D eigenvalue weighted by molar-refractivity contribution is -0.137. The zero-order valence-corrected chi connectivity index (χ0v) is 21.7. The van der Waals surface area contributed by atoms with E-state index in [1.807, 2.05) is 31.2 Å². The van der Waals surface area contributed by atoms with E-state index in [-0.39, 0.29) is 17.2 Å². The summed E-state index contributed by atoms with van der Waals surface area (Å²) < 4.78 is 40.7. The minimum absolute atomic E-state index is 0.103. The number of alkyl halides is 3. The van der Waals surface area contributed by atoms with Crippen LogP contribution in [-0.4, -0.2) is 28.4 Å². The van der Waals surface area contributed by atoms with Crippen LogP contribution < -0.4 is 10.2 Å². The van der Waals surface area contributed by atoms with E-state index in [0.717, 1.165) is 54.3 Å². The lowest BCUT2D eigenvalue weighted by Gasteiger charge is -2.34. The number of imidazole rings is 1. The van der Waals surface area contributed by atoms with Crippen molar-refractivity contribution in [3.63, 3.8) is 0 Å². The first-order valence-corrected chi connectivity index (χ1v) is 13.1. The van der Waals surface area contributed by atoms with E-state index in [2.05, 4.69) is 39.5 Å². The highest BCUT2D eigenvalue weighted by Gasteiger charge is 2.31. The normalized spacial score (nSPS) is 14.7. The second-order valence-corrected chi connectivity index (χ2v) is 10.0. The number of benzene rings is 2. The maximum absolute atomic E-state index is 13.1. The molecule has 0 radical (unpaired) electrons. The summed E-state index contributed by atoms with van der Waals surface area (Å²) in [6, 6.07) is 18.2. The summed E-state index contributed by atoms with van der Waals surface area (Å²) in [7, 11) is 0. The van der Waals surface area contributed by atoms with E-state index >= 15 is 0 Å². The van der Waals surface area contributed by atoms with E-state index in [9.17, 15) is 18.0 Å². The summed E-state index contributed by atoms with van der Waals surface area (Å²) in [5.41, 5.74) is 3.44. The van der Waals surface area contributed by atoms with Crippen LogP contribution in [0.5, 0.6) is 0 Å². The lowest BCUT2D eigenvalue weighted by atomic mass is 9.89. The zero-order chi connectivity index (χ0) is 26.9. The maximum atomic E-state index is 13.1. The molecule has 0 unspecified atom stereocenters. The topological polar surface area (TPSA) is 49.6 Å². The molecule has 1 aliphatic rings. The van der Waals surface area contributed by atoms with Crippen LogP contribution in [0.2, 0.25) is 5.02 Å². The Morgan fingerprint density at radius 1 is 1.05 bits per heavy atom. The molecule has 5 nitrogen and oxygen atoms in total. The Morgan fingerprint density at radius 3 is 2.37 bits per heavy atom. The van der Waals surface area contributed by atoms with E-state index in [0.29, 0.717) is 24.6 Å². The number of aryl methyl sites for hydroxylation is 1. The summed E-state index contributed by atoms with van der Waals surface area (Å²) >= 11 is 6.02. The highest BCUT2D eigenvalue weighted by Crippen LogP contribution is 2.32. The van der Waals surface area contributed by atoms with E-state index in [1.54, 1.807) is 0 Å². The third kappa shape index (κ3) is 5.50. The fraction of sp³-hybridized carbons (Fsp3) is 0.310. The van der Waals surface area contributed by atoms with Gasteiger partial charge in [0.2, 0.25) is 0 Å². The number of fused-ring (bicyclic) bond motifs is 1. The molecule has 1 N–H and O–H groups in total. The predicted octanol–water partition coefficient (Wildman–Crippen LogP) is 6.88. The molecule has 4 aromatic rings. The molecule has 0 bridgehead atoms. The Morgan fingerprint density at radius 2 is 1.74 bits per heavy atom. The fourth-order valence-electron chi connectivity index (χ4n) is 5.05. The molecule has 0 aliphatic carbocycles. The van der Waals surface area contributed by atoms with Gasteiger partial charge in [-0.25, -0.2) is 4.98 Å². The highest BCUT2D eigenvalue weighted by molar-refractivity contribution is 6.30. The van der Waals surface area contributed by atoms with Crippen molar-refractivity contribution in [3.8, 4) is 0 Å². The summed E-state index contributed by atoms with van der Waals surface area (Å²) in [6.07, 6.45) is -0.646. The number of amides is 1. The van der Waals surface area contributed by atoms with Gasteiger partial charge in [0.15, 0.2) is 0 Å². The van der Waals surface area contributed by atoms with Crippen molar-refractivity contribution >= 4 is 28.8 Å². The molecule has 3 heterocycles.